The fourth-order valence-corrected chi connectivity index (χ4v) is 3.10. The van der Waals surface area contributed by atoms with E-state index in [0.717, 1.165) is 25.1 Å². The van der Waals surface area contributed by atoms with Crippen LogP contribution >= 0.6 is 0 Å². The Morgan fingerprint density at radius 2 is 1.75 bits per heavy atom. The molecule has 0 atom stereocenters. The number of amides is 2. The molecule has 10 heteroatoms. The van der Waals surface area contributed by atoms with E-state index in [1.165, 1.54) is 16.8 Å². The number of alkyl halides is 3. The summed E-state index contributed by atoms with van der Waals surface area (Å²) in [6.07, 6.45) is -3.67. The van der Waals surface area contributed by atoms with Crippen molar-refractivity contribution in [3.63, 3.8) is 0 Å². The Bertz CT molecular complexity index is 1050. The standard InChI is InChI=1S/C22H25F3N6O/c1-30(2)14-6-13-27-21(32)28-19-18(15-7-4-3-5-8-15)29-31(20(19)26)17-11-9-16(10-12-17)22(23,24)25/h3-5,7-12H,6,13-14,26H2,1-2H3,(H2,27,28,32). The lowest BCUT2D eigenvalue weighted by Crippen LogP contribution is -2.31. The predicted octanol–water partition coefficient (Wildman–Crippen LogP) is 4.21. The number of urea groups is 1. The average Bonchev–Trinajstić information content (AvgIpc) is 3.07. The highest BCUT2D eigenvalue weighted by atomic mass is 19.4. The van der Waals surface area contributed by atoms with Crippen molar-refractivity contribution in [1.82, 2.24) is 20.0 Å². The minimum absolute atomic E-state index is 0.104. The van der Waals surface area contributed by atoms with Gasteiger partial charge in [-0.15, -0.1) is 0 Å². The van der Waals surface area contributed by atoms with Crippen LogP contribution in [-0.4, -0.2) is 47.9 Å². The summed E-state index contributed by atoms with van der Waals surface area (Å²) in [4.78, 5) is 14.5. The van der Waals surface area contributed by atoms with Crippen molar-refractivity contribution in [1.29, 1.82) is 0 Å². The first-order valence-electron chi connectivity index (χ1n) is 9.98. The Hall–Kier alpha value is -3.53. The third-order valence-corrected chi connectivity index (χ3v) is 4.71. The van der Waals surface area contributed by atoms with Crippen molar-refractivity contribution < 1.29 is 18.0 Å². The average molecular weight is 446 g/mol. The van der Waals surface area contributed by atoms with Crippen molar-refractivity contribution in [2.45, 2.75) is 12.6 Å². The maximum atomic E-state index is 12.9. The number of nitrogens with zero attached hydrogens (tertiary/aromatic N) is 3. The Balaban J connectivity index is 1.90. The maximum absolute atomic E-state index is 12.9. The van der Waals surface area contributed by atoms with Crippen molar-refractivity contribution in [2.24, 2.45) is 0 Å². The van der Waals surface area contributed by atoms with Crippen molar-refractivity contribution in [3.05, 3.63) is 60.2 Å². The van der Waals surface area contributed by atoms with E-state index in [1.54, 1.807) is 12.1 Å². The number of benzene rings is 2. The van der Waals surface area contributed by atoms with Gasteiger partial charge >= 0.3 is 12.2 Å². The van der Waals surface area contributed by atoms with E-state index < -0.39 is 17.8 Å². The number of aromatic nitrogens is 2. The number of carbonyl (C=O) groups excluding carboxylic acids is 1. The molecule has 2 amide bonds. The molecule has 0 spiro atoms. The summed E-state index contributed by atoms with van der Waals surface area (Å²) in [7, 11) is 3.89. The Morgan fingerprint density at radius 3 is 2.34 bits per heavy atom. The van der Waals surface area contributed by atoms with Gasteiger partial charge in [0.25, 0.3) is 0 Å². The zero-order valence-electron chi connectivity index (χ0n) is 17.8. The summed E-state index contributed by atoms with van der Waals surface area (Å²) < 4.78 is 40.0. The van der Waals surface area contributed by atoms with Crippen LogP contribution < -0.4 is 16.4 Å². The maximum Gasteiger partial charge on any atom is 0.416 e. The molecule has 4 N–H and O–H groups in total. The zero-order chi connectivity index (χ0) is 23.3. The summed E-state index contributed by atoms with van der Waals surface area (Å²) in [6, 6.07) is 13.1. The van der Waals surface area contributed by atoms with E-state index in [4.69, 9.17) is 5.73 Å². The quantitative estimate of drug-likeness (QED) is 0.475. The summed E-state index contributed by atoms with van der Waals surface area (Å²) in [6.45, 7) is 1.29. The van der Waals surface area contributed by atoms with E-state index in [9.17, 15) is 18.0 Å². The summed E-state index contributed by atoms with van der Waals surface area (Å²) >= 11 is 0. The normalized spacial score (nSPS) is 11.6. The smallest absolute Gasteiger partial charge is 0.382 e. The molecule has 3 aromatic rings. The van der Waals surface area contributed by atoms with Crippen molar-refractivity contribution in [2.75, 3.05) is 38.2 Å². The number of nitrogen functional groups attached to an aromatic ring is 1. The number of hydrogen-bond acceptors (Lipinski definition) is 4. The molecule has 0 radical (unpaired) electrons. The molecule has 0 saturated heterocycles. The molecule has 0 saturated carbocycles. The summed E-state index contributed by atoms with van der Waals surface area (Å²) in [5, 5.41) is 9.99. The number of anilines is 2. The lowest BCUT2D eigenvalue weighted by Gasteiger charge is -2.11. The molecule has 0 aliphatic rings. The van der Waals surface area contributed by atoms with Crippen LogP contribution in [0.25, 0.3) is 16.9 Å². The van der Waals surface area contributed by atoms with Gasteiger partial charge in [-0.25, -0.2) is 9.48 Å². The van der Waals surface area contributed by atoms with Crippen LogP contribution in [0.15, 0.2) is 54.6 Å². The molecule has 0 bridgehead atoms. The minimum Gasteiger partial charge on any atom is -0.382 e. The number of nitrogens with two attached hydrogens (primary N) is 1. The number of rotatable bonds is 7. The number of nitrogens with one attached hydrogen (secondary N) is 2. The second-order valence-corrected chi connectivity index (χ2v) is 7.47. The Labute approximate surface area is 184 Å². The number of carbonyl (C=O) groups is 1. The molecule has 7 nitrogen and oxygen atoms in total. The molecule has 170 valence electrons. The van der Waals surface area contributed by atoms with Crippen LogP contribution in [0.2, 0.25) is 0 Å². The van der Waals surface area contributed by atoms with Gasteiger partial charge in [-0.2, -0.15) is 18.3 Å². The van der Waals surface area contributed by atoms with Crippen LogP contribution in [-0.2, 0) is 6.18 Å². The van der Waals surface area contributed by atoms with Gasteiger partial charge in [0, 0.05) is 12.1 Å². The van der Waals surface area contributed by atoms with E-state index >= 15 is 0 Å². The van der Waals surface area contributed by atoms with Crippen molar-refractivity contribution >= 4 is 17.5 Å². The van der Waals surface area contributed by atoms with Gasteiger partial charge in [-0.1, -0.05) is 30.3 Å². The topological polar surface area (TPSA) is 88.2 Å². The Morgan fingerprint density at radius 1 is 1.09 bits per heavy atom. The van der Waals surface area contributed by atoms with Gasteiger partial charge in [0.1, 0.15) is 11.4 Å². The Kier molecular flexibility index (Phi) is 7.04. The highest BCUT2D eigenvalue weighted by Crippen LogP contribution is 2.35. The predicted molar refractivity (Wildman–Crippen MR) is 119 cm³/mol. The highest BCUT2D eigenvalue weighted by Gasteiger charge is 2.30. The van der Waals surface area contributed by atoms with Gasteiger partial charge in [-0.3, -0.25) is 0 Å². The van der Waals surface area contributed by atoms with E-state index in [2.05, 4.69) is 15.7 Å². The van der Waals surface area contributed by atoms with Crippen LogP contribution in [0.4, 0.5) is 29.5 Å². The minimum atomic E-state index is -4.44. The molecule has 32 heavy (non-hydrogen) atoms. The van der Waals surface area contributed by atoms with Crippen LogP contribution in [0, 0.1) is 0 Å². The lowest BCUT2D eigenvalue weighted by atomic mass is 10.1. The lowest BCUT2D eigenvalue weighted by molar-refractivity contribution is -0.137. The molecule has 2 aromatic carbocycles. The summed E-state index contributed by atoms with van der Waals surface area (Å²) in [5.74, 6) is 0.104. The highest BCUT2D eigenvalue weighted by molar-refractivity contribution is 5.97. The fraction of sp³-hybridized carbons (Fsp3) is 0.273. The van der Waals surface area contributed by atoms with Gasteiger partial charge < -0.3 is 21.3 Å². The number of halogens is 3. The first-order chi connectivity index (χ1) is 15.2. The SMILES string of the molecule is CN(C)CCCNC(=O)Nc1c(-c2ccccc2)nn(-c2ccc(C(F)(F)F)cc2)c1N. The monoisotopic (exact) mass is 446 g/mol. The van der Waals surface area contributed by atoms with Crippen LogP contribution in [0.3, 0.4) is 0 Å². The molecule has 1 heterocycles. The van der Waals surface area contributed by atoms with E-state index in [-0.39, 0.29) is 11.5 Å². The molecule has 0 fully saturated rings. The van der Waals surface area contributed by atoms with Gasteiger partial charge in [0.05, 0.1) is 11.3 Å². The molecule has 0 aliphatic carbocycles. The van der Waals surface area contributed by atoms with Crippen molar-refractivity contribution in [3.8, 4) is 16.9 Å². The first-order valence-corrected chi connectivity index (χ1v) is 9.98. The molecule has 3 rings (SSSR count). The molecular formula is C22H25F3N6O. The first kappa shape index (κ1) is 23.1. The van der Waals surface area contributed by atoms with Gasteiger partial charge in [0.15, 0.2) is 5.82 Å². The second-order valence-electron chi connectivity index (χ2n) is 7.47. The molecule has 1 aromatic heterocycles. The zero-order valence-corrected chi connectivity index (χ0v) is 17.8. The molecule has 0 aliphatic heterocycles. The van der Waals surface area contributed by atoms with Crippen LogP contribution in [0.5, 0.6) is 0 Å². The molecular weight excluding hydrogens is 421 g/mol. The molecule has 0 unspecified atom stereocenters. The van der Waals surface area contributed by atoms with Gasteiger partial charge in [0.2, 0.25) is 0 Å². The van der Waals surface area contributed by atoms with E-state index in [0.29, 0.717) is 23.5 Å². The third kappa shape index (κ3) is 5.58. The fourth-order valence-electron chi connectivity index (χ4n) is 3.10. The van der Waals surface area contributed by atoms with Crippen LogP contribution in [0.1, 0.15) is 12.0 Å². The third-order valence-electron chi connectivity index (χ3n) is 4.71. The summed E-state index contributed by atoms with van der Waals surface area (Å²) in [5.41, 5.74) is 7.23. The van der Waals surface area contributed by atoms with Gasteiger partial charge in [-0.05, 0) is 51.3 Å². The van der Waals surface area contributed by atoms with E-state index in [1.807, 2.05) is 37.2 Å². The number of hydrogen-bond donors (Lipinski definition) is 3. The second kappa shape index (κ2) is 9.73. The largest absolute Gasteiger partial charge is 0.416 e.